The number of carboxylic acids is 6. The first-order chi connectivity index (χ1) is 55.3. The van der Waals surface area contributed by atoms with E-state index in [2.05, 4.69) is 30.1 Å². The van der Waals surface area contributed by atoms with Crippen LogP contribution in [0.3, 0.4) is 0 Å². The van der Waals surface area contributed by atoms with Gasteiger partial charge in [-0.25, -0.2) is 43.2 Å². The number of ether oxygens (including phenoxy) is 1. The van der Waals surface area contributed by atoms with Gasteiger partial charge in [0.2, 0.25) is 0 Å². The Labute approximate surface area is 703 Å². The minimum absolute atomic E-state index is 0. The molecule has 0 radical (unpaired) electrons. The molecule has 0 atom stereocenters. The van der Waals surface area contributed by atoms with Gasteiger partial charge in [0.1, 0.15) is 15.3 Å². The van der Waals surface area contributed by atoms with Gasteiger partial charge in [-0.3, -0.25) is 34.3 Å². The van der Waals surface area contributed by atoms with E-state index in [9.17, 15) is 77.5 Å². The van der Waals surface area contributed by atoms with Crippen LogP contribution in [0.1, 0.15) is 121 Å². The Morgan fingerprint density at radius 3 is 1.31 bits per heavy atom. The number of halogens is 6. The van der Waals surface area contributed by atoms with Gasteiger partial charge in [0.05, 0.1) is 83.2 Å². The van der Waals surface area contributed by atoms with Crippen LogP contribution in [0.4, 0.5) is 39.8 Å². The van der Waals surface area contributed by atoms with Crippen LogP contribution in [0.15, 0.2) is 226 Å². The molecule has 0 saturated heterocycles. The van der Waals surface area contributed by atoms with Gasteiger partial charge in [-0.15, -0.1) is 22.7 Å². The second-order valence-electron chi connectivity index (χ2n) is 22.9. The molecular formula is C79H60Cl6N8O23S2. The monoisotopic (exact) mass is 1760 g/mol. The average molecular weight is 1770 g/mol. The van der Waals surface area contributed by atoms with E-state index < -0.39 is 92.3 Å². The number of nitrogens with one attached hydrogen (secondary N) is 4. The SMILES string of the molecule is C.COC(=O)c1ccc(N)c(C(=O)O)c1.Nc1ccc(C(=O)O)cc1C(=O)Nc1ccc(Cl)cc1.Nc1ccc(Cl)cc1.O=C(Cl)c1sc2ccccc2c1Cl.O=C(O)c1ccc(NC(=O)c2sc3ccccc3c2Cl)c(C(=O)Nc2ccc(Cl)cc2)c1.O=C(O)c1ccc([N+](=O)[O-])c(C(=O)O)c1.O=C(O)c1ccc2[nH]c(=O)oc(=O)c2c1.[HH]. The minimum Gasteiger partial charge on any atom is -0.478 e. The number of aromatic amines is 1. The highest BCUT2D eigenvalue weighted by atomic mass is 35.5. The molecule has 3 heterocycles. The number of nitrogen functional groups attached to an aromatic ring is 3. The van der Waals surface area contributed by atoms with Crippen molar-refractivity contribution in [2.75, 3.05) is 40.3 Å². The van der Waals surface area contributed by atoms with Gasteiger partial charge < -0.3 is 72.9 Å². The molecule has 3 amide bonds. The van der Waals surface area contributed by atoms with Crippen molar-refractivity contribution in [1.82, 2.24) is 4.98 Å². The van der Waals surface area contributed by atoms with Crippen molar-refractivity contribution in [3.8, 4) is 0 Å². The van der Waals surface area contributed by atoms with Crippen molar-refractivity contribution in [3.05, 3.63) is 328 Å². The largest absolute Gasteiger partial charge is 0.478 e. The number of hydrogen-bond acceptors (Lipinski definition) is 22. The summed E-state index contributed by atoms with van der Waals surface area (Å²) in [5.41, 5.74) is 16.5. The predicted octanol–water partition coefficient (Wildman–Crippen LogP) is 17.9. The summed E-state index contributed by atoms with van der Waals surface area (Å²) in [7, 11) is 1.22. The predicted molar refractivity (Wildman–Crippen MR) is 453 cm³/mol. The number of nitrogens with zero attached hydrogens (tertiary/aromatic N) is 1. The standard InChI is InChI=1S/C23H14Cl2N2O4S.C14H11ClN2O3.C9H4Cl2OS.C9H5NO5.C9H9NO4.C8H5NO6.C6H6ClN.CH4.H2/c24-13-6-8-14(9-7-13)26-21(28)16-11-12(23(30)31)5-10-17(16)27-22(29)20-19(25)15-3-1-2-4-18(15)32-20;15-9-2-4-10(5-3-9)17-13(18)11-7-8(14(19)20)1-6-12(11)16;10-7-5-3-1-2-4-6(5)13-8(7)9(11)12;11-7(12)4-1-2-6-5(3-4)8(13)15-9(14)10-6;1-14-9(13)5-2-3-7(10)6(4-5)8(11)12;10-7(11)4-1-2-6(9(14)15)5(3-4)8(12)13;7-5-1-3-6(8)4-2-5;;/h1-11H,(H,26,28)(H,27,29)(H,30,31);1-7H,16H2,(H,17,18)(H,19,20);1-4H;1-3H,(H,10,14)(H,11,12);2-4H,10H2,1H3,(H,11,12);1-3H,(H,10,11)(H,12,13);1-4H,8H2;1H4;1H. The van der Waals surface area contributed by atoms with Gasteiger partial charge in [0, 0.05) is 71.2 Å². The second kappa shape index (κ2) is 42.9. The maximum absolute atomic E-state index is 12.9. The highest BCUT2D eigenvalue weighted by Crippen LogP contribution is 2.38. The van der Waals surface area contributed by atoms with E-state index in [1.54, 1.807) is 72.8 Å². The molecule has 118 heavy (non-hydrogen) atoms. The summed E-state index contributed by atoms with van der Waals surface area (Å²) in [5, 5.41) is 74.9. The van der Waals surface area contributed by atoms with E-state index in [1.807, 2.05) is 48.5 Å². The number of carboxylic acid groups (broad SMARTS) is 6. The molecule has 0 aliphatic heterocycles. The molecule has 608 valence electrons. The van der Waals surface area contributed by atoms with Crippen LogP contribution >= 0.6 is 92.3 Å². The Hall–Kier alpha value is -14.0. The summed E-state index contributed by atoms with van der Waals surface area (Å²) in [4.78, 5) is 159. The fourth-order valence-electron chi connectivity index (χ4n) is 9.48. The maximum Gasteiger partial charge on any atom is 0.419 e. The topological polar surface area (TPSA) is 539 Å². The van der Waals surface area contributed by atoms with Crippen LogP contribution in [0, 0.1) is 10.1 Å². The third-order valence-electron chi connectivity index (χ3n) is 15.1. The fourth-order valence-corrected chi connectivity index (χ4v) is 12.9. The smallest absolute Gasteiger partial charge is 0.419 e. The van der Waals surface area contributed by atoms with Crippen molar-refractivity contribution >= 4 is 228 Å². The lowest BCUT2D eigenvalue weighted by atomic mass is 10.1. The molecule has 13 rings (SSSR count). The number of benzene rings is 10. The lowest BCUT2D eigenvalue weighted by molar-refractivity contribution is -0.385. The molecular weight excluding hydrogens is 1710 g/mol. The van der Waals surface area contributed by atoms with Gasteiger partial charge in [-0.05, 0) is 181 Å². The Kier molecular flexibility index (Phi) is 33.8. The molecule has 0 fully saturated rings. The normalized spacial score (nSPS) is 10.1. The van der Waals surface area contributed by atoms with E-state index in [-0.39, 0.29) is 81.3 Å². The number of fused-ring (bicyclic) bond motifs is 3. The highest BCUT2D eigenvalue weighted by Gasteiger charge is 2.24. The van der Waals surface area contributed by atoms with Crippen LogP contribution in [0.5, 0.6) is 0 Å². The van der Waals surface area contributed by atoms with E-state index in [1.165, 1.54) is 96.5 Å². The van der Waals surface area contributed by atoms with Gasteiger partial charge in [0.25, 0.3) is 28.7 Å². The number of anilines is 6. The number of esters is 1. The minimum atomic E-state index is -1.54. The van der Waals surface area contributed by atoms with Crippen LogP contribution in [-0.2, 0) is 4.74 Å². The first-order valence-electron chi connectivity index (χ1n) is 32.2. The molecule has 0 saturated carbocycles. The Morgan fingerprint density at radius 1 is 0.458 bits per heavy atom. The number of nitro groups is 1. The summed E-state index contributed by atoms with van der Waals surface area (Å²) < 4.78 is 10.5. The van der Waals surface area contributed by atoms with Crippen LogP contribution in [-0.4, -0.2) is 112 Å². The molecule has 31 nitrogen and oxygen atoms in total. The Balaban J connectivity index is 0.000000256. The molecule has 3 aromatic heterocycles. The van der Waals surface area contributed by atoms with Gasteiger partial charge in [-0.1, -0.05) is 102 Å². The number of carbonyl (C=O) groups excluding carboxylic acids is 5. The highest BCUT2D eigenvalue weighted by molar-refractivity contribution is 7.23. The third-order valence-corrected chi connectivity index (χ3v) is 19.5. The first kappa shape index (κ1) is 92.8. The van der Waals surface area contributed by atoms with E-state index >= 15 is 0 Å². The van der Waals surface area contributed by atoms with Crippen molar-refractivity contribution in [2.24, 2.45) is 0 Å². The van der Waals surface area contributed by atoms with Crippen molar-refractivity contribution in [1.29, 1.82) is 0 Å². The molecule has 0 spiro atoms. The fraction of sp³-hybridized carbons (Fsp3) is 0.0253. The number of carbonyl (C=O) groups is 11. The summed E-state index contributed by atoms with van der Waals surface area (Å²) in [6.07, 6.45) is 0. The molecule has 0 aliphatic carbocycles. The van der Waals surface area contributed by atoms with Gasteiger partial charge in [0.15, 0.2) is 0 Å². The Bertz CT molecular complexity index is 6150. The number of aromatic carboxylic acids is 6. The lowest BCUT2D eigenvalue weighted by Gasteiger charge is -2.12. The zero-order valence-corrected chi connectivity index (χ0v) is 65.3. The number of nitrogens with two attached hydrogens (primary N) is 3. The second-order valence-corrected chi connectivity index (χ2v) is 27.4. The zero-order valence-electron chi connectivity index (χ0n) is 59.1. The summed E-state index contributed by atoms with van der Waals surface area (Å²) in [6.45, 7) is 0. The van der Waals surface area contributed by atoms with Gasteiger partial charge >= 0.3 is 53.2 Å². The number of H-pyrrole nitrogens is 1. The van der Waals surface area contributed by atoms with E-state index in [0.29, 0.717) is 41.2 Å². The summed E-state index contributed by atoms with van der Waals surface area (Å²) >= 11 is 37.4. The number of amides is 3. The van der Waals surface area contributed by atoms with Crippen molar-refractivity contribution < 1.29 is 98.9 Å². The quantitative estimate of drug-likeness (QED) is 0.0149. The summed E-state index contributed by atoms with van der Waals surface area (Å²) in [5.74, 6) is -10.5. The molecule has 16 N–H and O–H groups in total. The number of nitro benzene ring substituents is 1. The van der Waals surface area contributed by atoms with Crippen molar-refractivity contribution in [2.45, 2.75) is 7.43 Å². The number of rotatable bonds is 15. The van der Waals surface area contributed by atoms with E-state index in [4.69, 9.17) is 112 Å². The van der Waals surface area contributed by atoms with Crippen LogP contribution < -0.4 is 44.5 Å². The molecule has 10 aromatic carbocycles. The summed E-state index contributed by atoms with van der Waals surface area (Å²) in [6, 6.07) is 53.1. The first-order valence-corrected chi connectivity index (χ1v) is 36.1. The molecule has 0 aliphatic rings. The van der Waals surface area contributed by atoms with Crippen molar-refractivity contribution in [3.63, 3.8) is 0 Å². The maximum atomic E-state index is 12.9. The van der Waals surface area contributed by atoms with Crippen LogP contribution in [0.25, 0.3) is 31.1 Å². The van der Waals surface area contributed by atoms with Gasteiger partial charge in [-0.2, -0.15) is 0 Å². The molecule has 0 unspecified atom stereocenters. The van der Waals surface area contributed by atoms with Crippen LogP contribution in [0.2, 0.25) is 25.1 Å². The number of aromatic nitrogens is 1. The molecule has 39 heteroatoms. The third kappa shape index (κ3) is 25.7. The zero-order chi connectivity index (χ0) is 86.2. The Morgan fingerprint density at radius 2 is 0.856 bits per heavy atom. The molecule has 0 bridgehead atoms. The lowest BCUT2D eigenvalue weighted by Crippen LogP contribution is -2.18. The number of hydrogen-bond donors (Lipinski definition) is 13. The number of methoxy groups -OCH3 is 1. The number of thiophene rings is 2. The van der Waals surface area contributed by atoms with E-state index in [0.717, 1.165) is 55.1 Å². The molecule has 13 aromatic rings. The average Bonchev–Trinajstić information content (AvgIpc) is 1.11.